The second kappa shape index (κ2) is 4.63. The molecule has 1 aromatic heterocycles. The van der Waals surface area contributed by atoms with E-state index >= 15 is 0 Å². The summed E-state index contributed by atoms with van der Waals surface area (Å²) in [6.07, 6.45) is 3.28. The van der Waals surface area contributed by atoms with E-state index in [1.807, 2.05) is 4.90 Å². The lowest BCUT2D eigenvalue weighted by atomic mass is 9.66. The molecule has 19 heavy (non-hydrogen) atoms. The van der Waals surface area contributed by atoms with E-state index in [0.29, 0.717) is 19.4 Å². The molecule has 1 saturated carbocycles. The molecule has 2 heterocycles. The summed E-state index contributed by atoms with van der Waals surface area (Å²) in [5.74, 6) is -0.806. The highest BCUT2D eigenvalue weighted by atomic mass is 32.1. The number of hydrogen-bond donors (Lipinski definition) is 1. The predicted octanol–water partition coefficient (Wildman–Crippen LogP) is 2.28. The van der Waals surface area contributed by atoms with Crippen molar-refractivity contribution >= 4 is 23.2 Å². The minimum atomic E-state index is -0.805. The Morgan fingerprint density at radius 1 is 1.42 bits per heavy atom. The molecule has 1 aliphatic carbocycles. The van der Waals surface area contributed by atoms with E-state index in [1.165, 1.54) is 10.4 Å². The van der Waals surface area contributed by atoms with Crippen molar-refractivity contribution in [1.29, 1.82) is 0 Å². The SMILES string of the molecule is O=C(CC1(C(=O)O)CCC1)N1CCc2sccc2C1. The van der Waals surface area contributed by atoms with Crippen molar-refractivity contribution in [3.05, 3.63) is 21.9 Å². The van der Waals surface area contributed by atoms with Crippen LogP contribution in [-0.2, 0) is 22.6 Å². The number of amides is 1. The monoisotopic (exact) mass is 279 g/mol. The number of carbonyl (C=O) groups is 2. The molecule has 0 atom stereocenters. The molecule has 0 radical (unpaired) electrons. The first-order valence-electron chi connectivity index (χ1n) is 6.67. The lowest BCUT2D eigenvalue weighted by Crippen LogP contribution is -2.44. The number of fused-ring (bicyclic) bond motifs is 1. The summed E-state index contributed by atoms with van der Waals surface area (Å²) in [5, 5.41) is 11.3. The lowest BCUT2D eigenvalue weighted by molar-refractivity contribution is -0.159. The number of aliphatic carboxylic acids is 1. The van der Waals surface area contributed by atoms with Crippen molar-refractivity contribution in [3.8, 4) is 0 Å². The van der Waals surface area contributed by atoms with Gasteiger partial charge < -0.3 is 10.0 Å². The maximum atomic E-state index is 12.3. The molecule has 0 aromatic carbocycles. The van der Waals surface area contributed by atoms with Gasteiger partial charge in [-0.1, -0.05) is 6.42 Å². The van der Waals surface area contributed by atoms with Crippen LogP contribution in [0.4, 0.5) is 0 Å². The summed E-state index contributed by atoms with van der Waals surface area (Å²) >= 11 is 1.74. The first-order chi connectivity index (χ1) is 9.11. The van der Waals surface area contributed by atoms with Crippen molar-refractivity contribution in [2.24, 2.45) is 5.41 Å². The Kier molecular flexibility index (Phi) is 3.09. The first-order valence-corrected chi connectivity index (χ1v) is 7.55. The van der Waals surface area contributed by atoms with Gasteiger partial charge in [-0.2, -0.15) is 0 Å². The zero-order valence-electron chi connectivity index (χ0n) is 10.7. The Morgan fingerprint density at radius 3 is 2.84 bits per heavy atom. The molecule has 5 heteroatoms. The van der Waals surface area contributed by atoms with Crippen LogP contribution in [0, 0.1) is 5.41 Å². The third kappa shape index (κ3) is 2.16. The highest BCUT2D eigenvalue weighted by Crippen LogP contribution is 2.44. The number of carbonyl (C=O) groups excluding carboxylic acids is 1. The molecule has 0 saturated heterocycles. The van der Waals surface area contributed by atoms with Crippen LogP contribution in [0.3, 0.4) is 0 Å². The fourth-order valence-corrected chi connectivity index (χ4v) is 3.82. The van der Waals surface area contributed by atoms with E-state index < -0.39 is 11.4 Å². The molecule has 102 valence electrons. The molecule has 1 aliphatic heterocycles. The van der Waals surface area contributed by atoms with Gasteiger partial charge in [0.25, 0.3) is 0 Å². The van der Waals surface area contributed by atoms with Gasteiger partial charge in [-0.05, 0) is 36.3 Å². The van der Waals surface area contributed by atoms with Gasteiger partial charge in [-0.3, -0.25) is 9.59 Å². The third-order valence-corrected chi connectivity index (χ3v) is 5.44. The van der Waals surface area contributed by atoms with Crippen LogP contribution in [0.1, 0.15) is 36.1 Å². The summed E-state index contributed by atoms with van der Waals surface area (Å²) in [6.45, 7) is 1.37. The van der Waals surface area contributed by atoms with Gasteiger partial charge in [-0.25, -0.2) is 0 Å². The molecule has 4 nitrogen and oxygen atoms in total. The average molecular weight is 279 g/mol. The molecule has 1 aromatic rings. The van der Waals surface area contributed by atoms with E-state index in [9.17, 15) is 14.7 Å². The van der Waals surface area contributed by atoms with Gasteiger partial charge in [0.05, 0.1) is 5.41 Å². The lowest BCUT2D eigenvalue weighted by Gasteiger charge is -2.39. The standard InChI is InChI=1S/C14H17NO3S/c16-12(8-14(13(17)18)4-1-5-14)15-6-2-11-10(9-15)3-7-19-11/h3,7H,1-2,4-6,8-9H2,(H,17,18). The van der Waals surface area contributed by atoms with E-state index in [0.717, 1.165) is 19.4 Å². The minimum absolute atomic E-state index is 0.000972. The van der Waals surface area contributed by atoms with Crippen LogP contribution in [-0.4, -0.2) is 28.4 Å². The summed E-state index contributed by atoms with van der Waals surface area (Å²) < 4.78 is 0. The average Bonchev–Trinajstić information content (AvgIpc) is 2.79. The van der Waals surface area contributed by atoms with E-state index in [1.54, 1.807) is 11.3 Å². The summed E-state index contributed by atoms with van der Waals surface area (Å²) in [6, 6.07) is 2.07. The highest BCUT2D eigenvalue weighted by Gasteiger charge is 2.46. The molecule has 3 rings (SSSR count). The molecule has 0 spiro atoms. The second-order valence-electron chi connectivity index (χ2n) is 5.55. The Balaban J connectivity index is 1.67. The van der Waals surface area contributed by atoms with Crippen LogP contribution in [0.2, 0.25) is 0 Å². The second-order valence-corrected chi connectivity index (χ2v) is 6.55. The normalized spacial score (nSPS) is 20.5. The number of carboxylic acids is 1. The maximum Gasteiger partial charge on any atom is 0.310 e. The summed E-state index contributed by atoms with van der Waals surface area (Å²) in [7, 11) is 0. The van der Waals surface area contributed by atoms with Gasteiger partial charge in [-0.15, -0.1) is 11.3 Å². The molecule has 1 N–H and O–H groups in total. The van der Waals surface area contributed by atoms with Gasteiger partial charge in [0.15, 0.2) is 0 Å². The molecular formula is C14H17NO3S. The summed E-state index contributed by atoms with van der Waals surface area (Å²) in [4.78, 5) is 26.8. The number of hydrogen-bond acceptors (Lipinski definition) is 3. The fraction of sp³-hybridized carbons (Fsp3) is 0.571. The van der Waals surface area contributed by atoms with Crippen molar-refractivity contribution in [3.63, 3.8) is 0 Å². The number of rotatable bonds is 3. The van der Waals surface area contributed by atoms with Gasteiger partial charge in [0.2, 0.25) is 5.91 Å². The van der Waals surface area contributed by atoms with E-state index in [2.05, 4.69) is 11.4 Å². The smallest absolute Gasteiger partial charge is 0.310 e. The Labute approximate surface area is 116 Å². The quantitative estimate of drug-likeness (QED) is 0.923. The van der Waals surface area contributed by atoms with Gasteiger partial charge >= 0.3 is 5.97 Å². The van der Waals surface area contributed by atoms with Crippen LogP contribution in [0.25, 0.3) is 0 Å². The van der Waals surface area contributed by atoms with Crippen molar-refractivity contribution < 1.29 is 14.7 Å². The van der Waals surface area contributed by atoms with Crippen molar-refractivity contribution in [2.45, 2.75) is 38.6 Å². The van der Waals surface area contributed by atoms with Crippen molar-refractivity contribution in [1.82, 2.24) is 4.90 Å². The largest absolute Gasteiger partial charge is 0.481 e. The van der Waals surface area contributed by atoms with Crippen LogP contribution in [0.15, 0.2) is 11.4 Å². The van der Waals surface area contributed by atoms with E-state index in [-0.39, 0.29) is 12.3 Å². The number of carboxylic acid groups (broad SMARTS) is 1. The Hall–Kier alpha value is -1.36. The maximum absolute atomic E-state index is 12.3. The predicted molar refractivity (Wildman–Crippen MR) is 72.0 cm³/mol. The molecule has 0 bridgehead atoms. The molecular weight excluding hydrogens is 262 g/mol. The van der Waals surface area contributed by atoms with E-state index in [4.69, 9.17) is 0 Å². The summed E-state index contributed by atoms with van der Waals surface area (Å²) in [5.41, 5.74) is 0.453. The zero-order chi connectivity index (χ0) is 13.5. The third-order valence-electron chi connectivity index (χ3n) is 4.41. The zero-order valence-corrected chi connectivity index (χ0v) is 11.5. The fourth-order valence-electron chi connectivity index (χ4n) is 2.93. The molecule has 1 amide bonds. The number of nitrogens with zero attached hydrogens (tertiary/aromatic N) is 1. The molecule has 1 fully saturated rings. The topological polar surface area (TPSA) is 57.6 Å². The van der Waals surface area contributed by atoms with Gasteiger partial charge in [0, 0.05) is 24.4 Å². The van der Waals surface area contributed by atoms with Crippen molar-refractivity contribution in [2.75, 3.05) is 6.54 Å². The van der Waals surface area contributed by atoms with Crippen LogP contribution >= 0.6 is 11.3 Å². The molecule has 2 aliphatic rings. The Morgan fingerprint density at radius 2 is 2.21 bits per heavy atom. The van der Waals surface area contributed by atoms with Crippen LogP contribution in [0.5, 0.6) is 0 Å². The van der Waals surface area contributed by atoms with Crippen LogP contribution < -0.4 is 0 Å². The van der Waals surface area contributed by atoms with Gasteiger partial charge in [0.1, 0.15) is 0 Å². The molecule has 0 unspecified atom stereocenters. The first kappa shape index (κ1) is 12.7. The highest BCUT2D eigenvalue weighted by molar-refractivity contribution is 7.10. The number of thiophene rings is 1. The Bertz CT molecular complexity index is 519. The minimum Gasteiger partial charge on any atom is -0.481 e.